The number of furan rings is 1. The molecular weight excluding hydrogens is 437 g/mol. The van der Waals surface area contributed by atoms with Crippen molar-refractivity contribution >= 4 is 23.1 Å². The van der Waals surface area contributed by atoms with Gasteiger partial charge in [-0.3, -0.25) is 14.5 Å². The molecule has 0 spiro atoms. The molecule has 1 aliphatic heterocycles. The van der Waals surface area contributed by atoms with Crippen LogP contribution in [0.2, 0.25) is 0 Å². The fourth-order valence-electron chi connectivity index (χ4n) is 3.46. The number of ether oxygens (including phenoxy) is 1. The fourth-order valence-corrected chi connectivity index (χ4v) is 3.46. The number of benzene rings is 2. The second kappa shape index (κ2) is 8.85. The van der Waals surface area contributed by atoms with Gasteiger partial charge < -0.3 is 14.5 Å². The van der Waals surface area contributed by atoms with Crippen molar-refractivity contribution in [3.63, 3.8) is 0 Å². The Kier molecular flexibility index (Phi) is 5.95. The van der Waals surface area contributed by atoms with Crippen LogP contribution >= 0.6 is 0 Å². The van der Waals surface area contributed by atoms with E-state index >= 15 is 0 Å². The largest absolute Gasteiger partial charge is 0.494 e. The zero-order chi connectivity index (χ0) is 23.6. The molecule has 4 rings (SSSR count). The molecule has 0 unspecified atom stereocenters. The topological polar surface area (TPSA) is 71.8 Å². The standard InChI is InChI=1S/C24H19F3N2O4/c1-2-32-18-10-8-15(9-11-18)20-21(28-17-6-3-5-16(13-17)24(25,26)27)23(31)29(22(20)30)14-19-7-4-12-33-19/h3-13,28H,2,14H2,1H3. The molecule has 2 aromatic carbocycles. The first-order valence-corrected chi connectivity index (χ1v) is 10.1. The lowest BCUT2D eigenvalue weighted by Gasteiger charge is -2.14. The van der Waals surface area contributed by atoms with E-state index in [-0.39, 0.29) is 23.5 Å². The van der Waals surface area contributed by atoms with Crippen LogP contribution in [-0.4, -0.2) is 23.3 Å². The Balaban J connectivity index is 1.74. The number of nitrogens with one attached hydrogen (secondary N) is 1. The van der Waals surface area contributed by atoms with Crippen molar-refractivity contribution in [3.05, 3.63) is 89.5 Å². The molecule has 9 heteroatoms. The lowest BCUT2D eigenvalue weighted by Crippen LogP contribution is -2.31. The van der Waals surface area contributed by atoms with E-state index in [1.165, 1.54) is 18.4 Å². The third kappa shape index (κ3) is 4.62. The molecule has 0 saturated carbocycles. The van der Waals surface area contributed by atoms with Gasteiger partial charge in [0.2, 0.25) is 0 Å². The van der Waals surface area contributed by atoms with E-state index in [0.717, 1.165) is 17.0 Å². The SMILES string of the molecule is CCOc1ccc(C2=C(Nc3cccc(C(F)(F)F)c3)C(=O)N(Cc3ccco3)C2=O)cc1. The molecule has 33 heavy (non-hydrogen) atoms. The number of rotatable bonds is 7. The number of hydrogen-bond donors (Lipinski definition) is 1. The van der Waals surface area contributed by atoms with E-state index in [2.05, 4.69) is 5.32 Å². The maximum Gasteiger partial charge on any atom is 0.416 e. The van der Waals surface area contributed by atoms with Gasteiger partial charge >= 0.3 is 6.18 Å². The number of carbonyl (C=O) groups excluding carboxylic acids is 2. The summed E-state index contributed by atoms with van der Waals surface area (Å²) in [7, 11) is 0. The summed E-state index contributed by atoms with van der Waals surface area (Å²) in [6.07, 6.45) is -3.13. The van der Waals surface area contributed by atoms with Crippen LogP contribution in [0, 0.1) is 0 Å². The molecule has 0 atom stereocenters. The lowest BCUT2D eigenvalue weighted by atomic mass is 10.0. The number of halogens is 3. The third-order valence-corrected chi connectivity index (χ3v) is 4.98. The molecule has 0 radical (unpaired) electrons. The number of alkyl halides is 3. The molecule has 3 aromatic rings. The Morgan fingerprint density at radius 1 is 1.00 bits per heavy atom. The minimum atomic E-state index is -4.55. The van der Waals surface area contributed by atoms with Gasteiger partial charge in [-0.15, -0.1) is 0 Å². The highest BCUT2D eigenvalue weighted by Gasteiger charge is 2.40. The van der Waals surface area contributed by atoms with Crippen molar-refractivity contribution < 1.29 is 31.9 Å². The number of nitrogens with zero attached hydrogens (tertiary/aromatic N) is 1. The monoisotopic (exact) mass is 456 g/mol. The van der Waals surface area contributed by atoms with E-state index in [4.69, 9.17) is 9.15 Å². The molecule has 0 saturated heterocycles. The first-order valence-electron chi connectivity index (χ1n) is 10.1. The Bertz CT molecular complexity index is 1200. The van der Waals surface area contributed by atoms with E-state index in [0.29, 0.717) is 23.7 Å². The molecule has 2 heterocycles. The van der Waals surface area contributed by atoms with Crippen LogP contribution in [-0.2, 0) is 22.3 Å². The smallest absolute Gasteiger partial charge is 0.416 e. The molecule has 1 N–H and O–H groups in total. The summed E-state index contributed by atoms with van der Waals surface area (Å²) in [4.78, 5) is 27.4. The van der Waals surface area contributed by atoms with Crippen molar-refractivity contribution in [2.75, 3.05) is 11.9 Å². The van der Waals surface area contributed by atoms with Crippen LogP contribution in [0.5, 0.6) is 5.75 Å². The van der Waals surface area contributed by atoms with Crippen molar-refractivity contribution in [2.24, 2.45) is 0 Å². The number of carbonyl (C=O) groups is 2. The van der Waals surface area contributed by atoms with Gasteiger partial charge in [0.25, 0.3) is 11.8 Å². The van der Waals surface area contributed by atoms with Crippen molar-refractivity contribution in [3.8, 4) is 5.75 Å². The van der Waals surface area contributed by atoms with Crippen LogP contribution in [0.15, 0.2) is 77.0 Å². The number of anilines is 1. The maximum absolute atomic E-state index is 13.2. The maximum atomic E-state index is 13.2. The van der Waals surface area contributed by atoms with Crippen molar-refractivity contribution in [1.29, 1.82) is 0 Å². The Morgan fingerprint density at radius 2 is 1.76 bits per heavy atom. The molecule has 2 amide bonds. The summed E-state index contributed by atoms with van der Waals surface area (Å²) in [5, 5.41) is 2.74. The molecule has 0 aliphatic carbocycles. The van der Waals surface area contributed by atoms with Gasteiger partial charge in [-0.2, -0.15) is 13.2 Å². The van der Waals surface area contributed by atoms with Crippen LogP contribution in [0.4, 0.5) is 18.9 Å². The zero-order valence-electron chi connectivity index (χ0n) is 17.5. The van der Waals surface area contributed by atoms with Gasteiger partial charge in [-0.05, 0) is 55.0 Å². The second-order valence-electron chi connectivity index (χ2n) is 7.19. The van der Waals surface area contributed by atoms with Crippen molar-refractivity contribution in [1.82, 2.24) is 4.90 Å². The van der Waals surface area contributed by atoms with Gasteiger partial charge in [0.05, 0.1) is 30.6 Å². The summed E-state index contributed by atoms with van der Waals surface area (Å²) in [5.41, 5.74) is -0.487. The summed E-state index contributed by atoms with van der Waals surface area (Å²) in [5.74, 6) is -0.283. The highest BCUT2D eigenvalue weighted by Crippen LogP contribution is 2.34. The van der Waals surface area contributed by atoms with Gasteiger partial charge in [-0.1, -0.05) is 18.2 Å². The predicted molar refractivity (Wildman–Crippen MR) is 114 cm³/mol. The average molecular weight is 456 g/mol. The highest BCUT2D eigenvalue weighted by atomic mass is 19.4. The molecule has 6 nitrogen and oxygen atoms in total. The fraction of sp³-hybridized carbons (Fsp3) is 0.167. The first kappa shape index (κ1) is 22.2. The number of hydrogen-bond acceptors (Lipinski definition) is 5. The quantitative estimate of drug-likeness (QED) is 0.502. The van der Waals surface area contributed by atoms with E-state index in [1.807, 2.05) is 6.92 Å². The molecule has 1 aromatic heterocycles. The van der Waals surface area contributed by atoms with E-state index in [1.54, 1.807) is 36.4 Å². The summed E-state index contributed by atoms with van der Waals surface area (Å²) >= 11 is 0. The summed E-state index contributed by atoms with van der Waals surface area (Å²) < 4.78 is 50.1. The number of imide groups is 1. The van der Waals surface area contributed by atoms with Crippen LogP contribution in [0.3, 0.4) is 0 Å². The minimum Gasteiger partial charge on any atom is -0.494 e. The Morgan fingerprint density at radius 3 is 2.39 bits per heavy atom. The predicted octanol–water partition coefficient (Wildman–Crippen LogP) is 5.09. The second-order valence-corrected chi connectivity index (χ2v) is 7.19. The van der Waals surface area contributed by atoms with Crippen LogP contribution in [0.1, 0.15) is 23.8 Å². The highest BCUT2D eigenvalue weighted by molar-refractivity contribution is 6.36. The Labute approximate surface area is 187 Å². The van der Waals surface area contributed by atoms with Gasteiger partial charge in [0.15, 0.2) is 0 Å². The molecule has 1 aliphatic rings. The Hall–Kier alpha value is -4.01. The first-order chi connectivity index (χ1) is 15.8. The lowest BCUT2D eigenvalue weighted by molar-refractivity contribution is -0.138. The summed E-state index contributed by atoms with van der Waals surface area (Å²) in [6, 6.07) is 14.2. The molecule has 170 valence electrons. The summed E-state index contributed by atoms with van der Waals surface area (Å²) in [6.45, 7) is 2.18. The van der Waals surface area contributed by atoms with Gasteiger partial charge in [0.1, 0.15) is 17.2 Å². The van der Waals surface area contributed by atoms with Gasteiger partial charge in [0, 0.05) is 5.69 Å². The third-order valence-electron chi connectivity index (χ3n) is 4.98. The molecule has 0 fully saturated rings. The normalized spacial score (nSPS) is 14.2. The zero-order valence-corrected chi connectivity index (χ0v) is 17.5. The average Bonchev–Trinajstić information content (AvgIpc) is 3.37. The van der Waals surface area contributed by atoms with Crippen LogP contribution in [0.25, 0.3) is 5.57 Å². The minimum absolute atomic E-state index is 0.0317. The van der Waals surface area contributed by atoms with E-state index < -0.39 is 23.6 Å². The van der Waals surface area contributed by atoms with Crippen molar-refractivity contribution in [2.45, 2.75) is 19.6 Å². The van der Waals surface area contributed by atoms with E-state index in [9.17, 15) is 22.8 Å². The molecular formula is C24H19F3N2O4. The number of amides is 2. The molecule has 0 bridgehead atoms. The van der Waals surface area contributed by atoms with Crippen LogP contribution < -0.4 is 10.1 Å². The van der Waals surface area contributed by atoms with Gasteiger partial charge in [-0.25, -0.2) is 0 Å².